The Hall–Kier alpha value is -2.55. The molecule has 1 unspecified atom stereocenters. The first-order valence-corrected chi connectivity index (χ1v) is 8.78. The zero-order valence-electron chi connectivity index (χ0n) is 14.9. The van der Waals surface area contributed by atoms with Gasteiger partial charge in [-0.2, -0.15) is 0 Å². The second-order valence-corrected chi connectivity index (χ2v) is 7.86. The SMILES string of the molecule is Cc1ccc(C2Oc3ccccc3NC3=C2C(=O)CC(C)(C)C3)cc1. The molecule has 1 atom stereocenters. The Labute approximate surface area is 148 Å². The topological polar surface area (TPSA) is 38.3 Å². The molecule has 4 rings (SSSR count). The highest BCUT2D eigenvalue weighted by Crippen LogP contribution is 2.46. The molecule has 2 aromatic carbocycles. The number of allylic oxidation sites excluding steroid dienone is 1. The van der Waals surface area contributed by atoms with Crippen LogP contribution >= 0.6 is 0 Å². The van der Waals surface area contributed by atoms with E-state index in [0.717, 1.165) is 34.7 Å². The van der Waals surface area contributed by atoms with Crippen LogP contribution in [0.5, 0.6) is 5.75 Å². The summed E-state index contributed by atoms with van der Waals surface area (Å²) in [5.41, 5.74) is 4.87. The fourth-order valence-electron chi connectivity index (χ4n) is 3.75. The quantitative estimate of drug-likeness (QED) is 0.781. The van der Waals surface area contributed by atoms with E-state index in [-0.39, 0.29) is 17.3 Å². The lowest BCUT2D eigenvalue weighted by atomic mass is 9.74. The number of carbonyl (C=O) groups is 1. The Kier molecular flexibility index (Phi) is 3.68. The summed E-state index contributed by atoms with van der Waals surface area (Å²) < 4.78 is 6.35. The lowest BCUT2D eigenvalue weighted by Gasteiger charge is -2.33. The van der Waals surface area contributed by atoms with Crippen LogP contribution in [-0.2, 0) is 4.79 Å². The Morgan fingerprint density at radius 1 is 1.04 bits per heavy atom. The van der Waals surface area contributed by atoms with Gasteiger partial charge in [0.15, 0.2) is 11.9 Å². The van der Waals surface area contributed by atoms with Crippen molar-refractivity contribution in [3.05, 3.63) is 70.9 Å². The Bertz CT molecular complexity index is 862. The number of Topliss-reactive ketones (excluding diaryl/α,β-unsaturated/α-hetero) is 1. The van der Waals surface area contributed by atoms with Gasteiger partial charge in [0.2, 0.25) is 0 Å². The molecule has 0 fully saturated rings. The van der Waals surface area contributed by atoms with Crippen molar-refractivity contribution in [2.75, 3.05) is 5.32 Å². The molecule has 128 valence electrons. The van der Waals surface area contributed by atoms with Gasteiger partial charge in [0, 0.05) is 12.1 Å². The molecule has 25 heavy (non-hydrogen) atoms. The number of anilines is 1. The number of para-hydroxylation sites is 2. The molecule has 0 saturated heterocycles. The van der Waals surface area contributed by atoms with Crippen LogP contribution in [0.15, 0.2) is 59.8 Å². The third kappa shape index (κ3) is 2.95. The molecule has 3 heteroatoms. The van der Waals surface area contributed by atoms with Crippen LogP contribution in [0.3, 0.4) is 0 Å². The minimum atomic E-state index is -0.365. The molecular formula is C22H23NO2. The molecule has 1 aliphatic carbocycles. The average Bonchev–Trinajstić information content (AvgIpc) is 2.70. The van der Waals surface area contributed by atoms with Gasteiger partial charge in [0.1, 0.15) is 5.75 Å². The van der Waals surface area contributed by atoms with Crippen molar-refractivity contribution >= 4 is 11.5 Å². The molecule has 0 bridgehead atoms. The van der Waals surface area contributed by atoms with Crippen molar-refractivity contribution in [2.45, 2.75) is 39.7 Å². The second-order valence-electron chi connectivity index (χ2n) is 7.86. The number of ether oxygens (including phenoxy) is 1. The van der Waals surface area contributed by atoms with Crippen LogP contribution in [-0.4, -0.2) is 5.78 Å². The first-order chi connectivity index (χ1) is 11.9. The molecule has 0 spiro atoms. The molecule has 0 amide bonds. The summed E-state index contributed by atoms with van der Waals surface area (Å²) in [6, 6.07) is 16.2. The number of aryl methyl sites for hydroxylation is 1. The van der Waals surface area contributed by atoms with Crippen LogP contribution in [0.25, 0.3) is 0 Å². The number of carbonyl (C=O) groups excluding carboxylic acids is 1. The summed E-state index contributed by atoms with van der Waals surface area (Å²) in [7, 11) is 0. The van der Waals surface area contributed by atoms with Crippen LogP contribution < -0.4 is 10.1 Å². The predicted octanol–water partition coefficient (Wildman–Crippen LogP) is 5.18. The Morgan fingerprint density at radius 2 is 1.76 bits per heavy atom. The lowest BCUT2D eigenvalue weighted by Crippen LogP contribution is -2.31. The molecule has 1 heterocycles. The van der Waals surface area contributed by atoms with Gasteiger partial charge in [-0.05, 0) is 36.5 Å². The third-order valence-corrected chi connectivity index (χ3v) is 4.98. The van der Waals surface area contributed by atoms with Crippen molar-refractivity contribution in [2.24, 2.45) is 5.41 Å². The van der Waals surface area contributed by atoms with E-state index in [0.29, 0.717) is 6.42 Å². The van der Waals surface area contributed by atoms with Gasteiger partial charge in [-0.3, -0.25) is 4.79 Å². The van der Waals surface area contributed by atoms with Gasteiger partial charge in [-0.1, -0.05) is 55.8 Å². The van der Waals surface area contributed by atoms with Gasteiger partial charge in [0.05, 0.1) is 11.3 Å². The number of hydrogen-bond acceptors (Lipinski definition) is 3. The maximum Gasteiger partial charge on any atom is 0.165 e. The van der Waals surface area contributed by atoms with E-state index in [1.165, 1.54) is 5.56 Å². The number of benzene rings is 2. The highest BCUT2D eigenvalue weighted by atomic mass is 16.5. The first-order valence-electron chi connectivity index (χ1n) is 8.78. The highest BCUT2D eigenvalue weighted by Gasteiger charge is 2.39. The number of ketones is 1. The largest absolute Gasteiger partial charge is 0.479 e. The lowest BCUT2D eigenvalue weighted by molar-refractivity contribution is -0.119. The Balaban J connectivity index is 1.88. The fraction of sp³-hybridized carbons (Fsp3) is 0.318. The van der Waals surface area contributed by atoms with Crippen LogP contribution in [0.1, 0.15) is 43.9 Å². The number of hydrogen-bond donors (Lipinski definition) is 1. The number of fused-ring (bicyclic) bond motifs is 1. The molecule has 0 saturated carbocycles. The van der Waals surface area contributed by atoms with Gasteiger partial charge in [0.25, 0.3) is 0 Å². The van der Waals surface area contributed by atoms with Crippen LogP contribution in [0.2, 0.25) is 0 Å². The molecular weight excluding hydrogens is 310 g/mol. The molecule has 2 aromatic rings. The van der Waals surface area contributed by atoms with Gasteiger partial charge < -0.3 is 10.1 Å². The zero-order chi connectivity index (χ0) is 17.6. The third-order valence-electron chi connectivity index (χ3n) is 4.98. The maximum absolute atomic E-state index is 13.0. The number of nitrogens with one attached hydrogen (secondary N) is 1. The predicted molar refractivity (Wildman–Crippen MR) is 99.7 cm³/mol. The standard InChI is InChI=1S/C22H23NO2/c1-14-8-10-15(11-9-14)21-20-17(12-22(2,3)13-18(20)24)23-16-6-4-5-7-19(16)25-21/h4-11,21,23H,12-13H2,1-3H3. The second kappa shape index (κ2) is 5.76. The summed E-state index contributed by atoms with van der Waals surface area (Å²) in [6.07, 6.45) is 1.03. The summed E-state index contributed by atoms with van der Waals surface area (Å²) in [5, 5.41) is 3.49. The van der Waals surface area contributed by atoms with E-state index in [1.807, 2.05) is 24.3 Å². The van der Waals surface area contributed by atoms with Crippen molar-refractivity contribution in [3.63, 3.8) is 0 Å². The van der Waals surface area contributed by atoms with Crippen molar-refractivity contribution in [1.82, 2.24) is 0 Å². The summed E-state index contributed by atoms with van der Waals surface area (Å²) in [6.45, 7) is 6.36. The molecule has 0 aromatic heterocycles. The molecule has 3 nitrogen and oxygen atoms in total. The normalized spacial score (nSPS) is 21.6. The van der Waals surface area contributed by atoms with E-state index >= 15 is 0 Å². The summed E-state index contributed by atoms with van der Waals surface area (Å²) in [5.74, 6) is 0.963. The monoisotopic (exact) mass is 333 g/mol. The van der Waals surface area contributed by atoms with Gasteiger partial charge in [-0.25, -0.2) is 0 Å². The van der Waals surface area contributed by atoms with E-state index in [2.05, 4.69) is 50.4 Å². The van der Waals surface area contributed by atoms with Gasteiger partial charge >= 0.3 is 0 Å². The van der Waals surface area contributed by atoms with Gasteiger partial charge in [-0.15, -0.1) is 0 Å². The molecule has 1 N–H and O–H groups in total. The van der Waals surface area contributed by atoms with E-state index in [9.17, 15) is 4.79 Å². The molecule has 2 aliphatic rings. The minimum absolute atomic E-state index is 0.0416. The maximum atomic E-state index is 13.0. The highest BCUT2D eigenvalue weighted by molar-refractivity contribution is 5.99. The van der Waals surface area contributed by atoms with Crippen molar-refractivity contribution < 1.29 is 9.53 Å². The smallest absolute Gasteiger partial charge is 0.165 e. The van der Waals surface area contributed by atoms with Crippen molar-refractivity contribution in [3.8, 4) is 5.75 Å². The van der Waals surface area contributed by atoms with E-state index in [1.54, 1.807) is 0 Å². The van der Waals surface area contributed by atoms with Crippen molar-refractivity contribution in [1.29, 1.82) is 0 Å². The fourth-order valence-corrected chi connectivity index (χ4v) is 3.75. The molecule has 1 aliphatic heterocycles. The van der Waals surface area contributed by atoms with Crippen LogP contribution in [0.4, 0.5) is 5.69 Å². The van der Waals surface area contributed by atoms with Crippen LogP contribution in [0, 0.1) is 12.3 Å². The summed E-state index contributed by atoms with van der Waals surface area (Å²) in [4.78, 5) is 13.0. The minimum Gasteiger partial charge on any atom is -0.479 e. The molecule has 0 radical (unpaired) electrons. The summed E-state index contributed by atoms with van der Waals surface area (Å²) >= 11 is 0. The van der Waals surface area contributed by atoms with E-state index < -0.39 is 0 Å². The number of rotatable bonds is 1. The Morgan fingerprint density at radius 3 is 2.52 bits per heavy atom. The van der Waals surface area contributed by atoms with E-state index in [4.69, 9.17) is 4.74 Å². The average molecular weight is 333 g/mol. The first kappa shape index (κ1) is 15.9. The zero-order valence-corrected chi connectivity index (χ0v) is 14.9.